The van der Waals surface area contributed by atoms with Crippen molar-refractivity contribution in [2.75, 3.05) is 0 Å². The maximum atomic E-state index is 11.7. The lowest BCUT2D eigenvalue weighted by molar-refractivity contribution is -0.275. The molecule has 0 saturated heterocycles. The van der Waals surface area contributed by atoms with E-state index in [1.165, 1.54) is 6.92 Å². The largest absolute Gasteiger partial charge is 0.573 e. The average molecular weight is 209 g/mol. The number of aryl methyl sites for hydroxylation is 1. The van der Waals surface area contributed by atoms with Crippen LogP contribution in [0.15, 0.2) is 10.9 Å². The van der Waals surface area contributed by atoms with E-state index < -0.39 is 23.4 Å². The number of ether oxygens (including phenoxy) is 1. The van der Waals surface area contributed by atoms with E-state index in [0.29, 0.717) is 6.07 Å². The third-order valence-corrected chi connectivity index (χ3v) is 1.39. The zero-order valence-electron chi connectivity index (χ0n) is 6.97. The van der Waals surface area contributed by atoms with Gasteiger partial charge >= 0.3 is 6.36 Å². The lowest BCUT2D eigenvalue weighted by Gasteiger charge is -2.10. The molecule has 0 amide bonds. The Labute approximate surface area is 75.9 Å². The molecule has 0 atom stereocenters. The topological polar surface area (TPSA) is 62.3 Å². The number of nitrogens with one attached hydrogen (secondary N) is 1. The summed E-state index contributed by atoms with van der Waals surface area (Å²) in [7, 11) is 0. The van der Waals surface area contributed by atoms with Gasteiger partial charge in [-0.3, -0.25) is 4.79 Å². The fourth-order valence-corrected chi connectivity index (χ4v) is 0.855. The van der Waals surface area contributed by atoms with E-state index in [2.05, 4.69) is 9.72 Å². The Balaban J connectivity index is 3.15. The number of rotatable bonds is 1. The molecule has 7 heteroatoms. The highest BCUT2D eigenvalue weighted by molar-refractivity contribution is 5.40. The number of hydrogen-bond donors (Lipinski definition) is 2. The van der Waals surface area contributed by atoms with Gasteiger partial charge in [0, 0.05) is 6.07 Å². The molecular weight excluding hydrogens is 203 g/mol. The second-order valence-electron chi connectivity index (χ2n) is 2.52. The molecule has 1 heterocycles. The van der Waals surface area contributed by atoms with E-state index in [0.717, 1.165) is 0 Å². The fourth-order valence-electron chi connectivity index (χ4n) is 0.855. The number of aromatic nitrogens is 1. The van der Waals surface area contributed by atoms with Crippen LogP contribution in [0, 0.1) is 6.92 Å². The van der Waals surface area contributed by atoms with Crippen molar-refractivity contribution in [3.8, 4) is 11.5 Å². The Morgan fingerprint density at radius 2 is 2.07 bits per heavy atom. The molecule has 78 valence electrons. The number of halogens is 3. The predicted octanol–water partition coefficient (Wildman–Crippen LogP) is 1.29. The Hall–Kier alpha value is -1.66. The van der Waals surface area contributed by atoms with Gasteiger partial charge in [0.15, 0.2) is 11.5 Å². The molecule has 2 N–H and O–H groups in total. The Morgan fingerprint density at radius 3 is 2.57 bits per heavy atom. The normalized spacial score (nSPS) is 11.4. The molecule has 0 spiro atoms. The summed E-state index contributed by atoms with van der Waals surface area (Å²) in [5.41, 5.74) is -0.865. The van der Waals surface area contributed by atoms with Crippen molar-refractivity contribution in [1.82, 2.24) is 4.98 Å². The van der Waals surface area contributed by atoms with Crippen molar-refractivity contribution in [1.29, 1.82) is 0 Å². The van der Waals surface area contributed by atoms with Crippen LogP contribution in [0.2, 0.25) is 0 Å². The van der Waals surface area contributed by atoms with Gasteiger partial charge in [0.05, 0.1) is 5.69 Å². The molecule has 0 saturated carbocycles. The molecule has 0 radical (unpaired) electrons. The highest BCUT2D eigenvalue weighted by atomic mass is 19.4. The summed E-state index contributed by atoms with van der Waals surface area (Å²) in [5.74, 6) is -1.64. The van der Waals surface area contributed by atoms with E-state index >= 15 is 0 Å². The number of H-pyrrole nitrogens is 1. The van der Waals surface area contributed by atoms with Gasteiger partial charge in [-0.2, -0.15) is 0 Å². The van der Waals surface area contributed by atoms with E-state index in [9.17, 15) is 18.0 Å². The standard InChI is InChI=1S/C7H6F3NO3/c1-3-6(13)4(2-5(12)11-3)14-7(8,9)10/h2,13H,1H3,(H,11,12). The van der Waals surface area contributed by atoms with Crippen LogP contribution in [-0.4, -0.2) is 16.5 Å². The minimum absolute atomic E-state index is 0.0863. The summed E-state index contributed by atoms with van der Waals surface area (Å²) in [6.45, 7) is 1.25. The smallest absolute Gasteiger partial charge is 0.503 e. The first-order valence-corrected chi connectivity index (χ1v) is 3.48. The van der Waals surface area contributed by atoms with Crippen LogP contribution in [-0.2, 0) is 0 Å². The molecule has 0 bridgehead atoms. The molecule has 0 unspecified atom stereocenters. The summed E-state index contributed by atoms with van der Waals surface area (Å²) in [6, 6.07) is 0.524. The second-order valence-corrected chi connectivity index (χ2v) is 2.52. The Bertz CT molecular complexity index is 396. The van der Waals surface area contributed by atoms with Gasteiger partial charge in [-0.1, -0.05) is 0 Å². The molecule has 1 aromatic rings. The van der Waals surface area contributed by atoms with Crippen molar-refractivity contribution >= 4 is 0 Å². The van der Waals surface area contributed by atoms with Gasteiger partial charge < -0.3 is 14.8 Å². The molecule has 0 aliphatic rings. The summed E-state index contributed by atoms with van der Waals surface area (Å²) in [4.78, 5) is 12.8. The lowest BCUT2D eigenvalue weighted by Crippen LogP contribution is -2.19. The van der Waals surface area contributed by atoms with Gasteiger partial charge in [-0.25, -0.2) is 0 Å². The molecule has 4 nitrogen and oxygen atoms in total. The maximum absolute atomic E-state index is 11.7. The summed E-state index contributed by atoms with van der Waals surface area (Å²) >= 11 is 0. The first kappa shape index (κ1) is 10.4. The van der Waals surface area contributed by atoms with Crippen LogP contribution in [0.1, 0.15) is 5.69 Å². The van der Waals surface area contributed by atoms with Crippen molar-refractivity contribution in [3.63, 3.8) is 0 Å². The predicted molar refractivity (Wildman–Crippen MR) is 40.1 cm³/mol. The van der Waals surface area contributed by atoms with Crippen LogP contribution in [0.25, 0.3) is 0 Å². The van der Waals surface area contributed by atoms with E-state index in [1.54, 1.807) is 0 Å². The summed E-state index contributed by atoms with van der Waals surface area (Å²) in [5, 5.41) is 9.09. The molecule has 14 heavy (non-hydrogen) atoms. The van der Waals surface area contributed by atoms with Crippen molar-refractivity contribution in [2.45, 2.75) is 13.3 Å². The second kappa shape index (κ2) is 3.24. The number of alkyl halides is 3. The first-order valence-electron chi connectivity index (χ1n) is 3.48. The maximum Gasteiger partial charge on any atom is 0.573 e. The van der Waals surface area contributed by atoms with Crippen LogP contribution < -0.4 is 10.3 Å². The van der Waals surface area contributed by atoms with Gasteiger partial charge in [-0.05, 0) is 6.92 Å². The van der Waals surface area contributed by atoms with Crippen LogP contribution >= 0.6 is 0 Å². The Morgan fingerprint density at radius 1 is 1.50 bits per heavy atom. The first-order chi connectivity index (χ1) is 6.29. The van der Waals surface area contributed by atoms with Crippen LogP contribution in [0.4, 0.5) is 13.2 Å². The van der Waals surface area contributed by atoms with E-state index in [4.69, 9.17) is 5.11 Å². The minimum Gasteiger partial charge on any atom is -0.503 e. The van der Waals surface area contributed by atoms with Crippen LogP contribution in [0.3, 0.4) is 0 Å². The van der Waals surface area contributed by atoms with Gasteiger partial charge in [0.1, 0.15) is 0 Å². The molecular formula is C7H6F3NO3. The zero-order valence-corrected chi connectivity index (χ0v) is 6.97. The van der Waals surface area contributed by atoms with Gasteiger partial charge in [0.2, 0.25) is 0 Å². The van der Waals surface area contributed by atoms with Crippen molar-refractivity contribution in [2.24, 2.45) is 0 Å². The van der Waals surface area contributed by atoms with Crippen LogP contribution in [0.5, 0.6) is 11.5 Å². The molecule has 0 aliphatic heterocycles. The lowest BCUT2D eigenvalue weighted by atomic mass is 10.3. The highest BCUT2D eigenvalue weighted by Gasteiger charge is 2.32. The number of aromatic hydroxyl groups is 1. The third-order valence-electron chi connectivity index (χ3n) is 1.39. The van der Waals surface area contributed by atoms with E-state index in [1.807, 2.05) is 0 Å². The third kappa shape index (κ3) is 2.41. The van der Waals surface area contributed by atoms with Gasteiger partial charge in [-0.15, -0.1) is 13.2 Å². The molecule has 1 rings (SSSR count). The number of hydrogen-bond acceptors (Lipinski definition) is 3. The molecule has 0 aliphatic carbocycles. The van der Waals surface area contributed by atoms with Crippen molar-refractivity contribution < 1.29 is 23.0 Å². The Kier molecular flexibility index (Phi) is 2.41. The average Bonchev–Trinajstić information content (AvgIpc) is 1.96. The van der Waals surface area contributed by atoms with E-state index in [-0.39, 0.29) is 5.69 Å². The summed E-state index contributed by atoms with van der Waals surface area (Å²) < 4.78 is 38.6. The SMILES string of the molecule is Cc1[nH]c(=O)cc(OC(F)(F)F)c1O. The molecule has 0 fully saturated rings. The summed E-state index contributed by atoms with van der Waals surface area (Å²) in [6.07, 6.45) is -4.93. The fraction of sp³-hybridized carbons (Fsp3) is 0.286. The highest BCUT2D eigenvalue weighted by Crippen LogP contribution is 2.30. The van der Waals surface area contributed by atoms with Crippen molar-refractivity contribution in [3.05, 3.63) is 22.1 Å². The molecule has 0 aromatic carbocycles. The quantitative estimate of drug-likeness (QED) is 0.732. The monoisotopic (exact) mass is 209 g/mol. The number of pyridine rings is 1. The van der Waals surface area contributed by atoms with Gasteiger partial charge in [0.25, 0.3) is 5.56 Å². The molecule has 1 aromatic heterocycles. The minimum atomic E-state index is -4.93. The zero-order chi connectivity index (χ0) is 10.9. The number of aromatic amines is 1.